The zero-order valence-corrected chi connectivity index (χ0v) is 8.97. The van der Waals surface area contributed by atoms with Crippen molar-refractivity contribution in [3.8, 4) is 11.5 Å². The molecule has 1 rings (SSSR count). The van der Waals surface area contributed by atoms with Crippen molar-refractivity contribution in [3.63, 3.8) is 0 Å². The smallest absolute Gasteiger partial charge is 0.497 e. The zero-order chi connectivity index (χ0) is 12.3. The quantitative estimate of drug-likeness (QED) is 0.795. The number of methoxy groups -OCH3 is 1. The van der Waals surface area contributed by atoms with Gasteiger partial charge in [-0.1, -0.05) is 6.92 Å². The molecule has 0 saturated carbocycles. The Kier molecular flexibility index (Phi) is 3.67. The van der Waals surface area contributed by atoms with Gasteiger partial charge in [0.05, 0.1) is 7.11 Å². The van der Waals surface area contributed by atoms with Crippen molar-refractivity contribution in [2.24, 2.45) is 0 Å². The van der Waals surface area contributed by atoms with Crippen LogP contribution in [-0.2, 0) is 0 Å². The van der Waals surface area contributed by atoms with Crippen LogP contribution in [0, 0.1) is 6.92 Å². The van der Waals surface area contributed by atoms with Crippen LogP contribution in [0.5, 0.6) is 11.5 Å². The fraction of sp³-hybridized carbons (Fsp3) is 0.364. The number of rotatable bonds is 3. The standard InChI is InChI=1S/C11H12F3O2/c1-7(2)9-6-8(15-3)4-5-10(9)16-11(12,13)14/h4-7H,1H2,2-3H3. The molecule has 0 aromatic heterocycles. The molecule has 89 valence electrons. The van der Waals surface area contributed by atoms with E-state index in [1.165, 1.54) is 25.3 Å². The highest BCUT2D eigenvalue weighted by atomic mass is 19.4. The lowest BCUT2D eigenvalue weighted by Crippen LogP contribution is -2.18. The van der Waals surface area contributed by atoms with E-state index >= 15 is 0 Å². The van der Waals surface area contributed by atoms with Gasteiger partial charge < -0.3 is 9.47 Å². The summed E-state index contributed by atoms with van der Waals surface area (Å²) in [4.78, 5) is 0. The molecule has 0 aliphatic heterocycles. The summed E-state index contributed by atoms with van der Waals surface area (Å²) in [7, 11) is 1.44. The molecule has 1 radical (unpaired) electrons. The minimum absolute atomic E-state index is 0.240. The van der Waals surface area contributed by atoms with Gasteiger partial charge in [0.15, 0.2) is 0 Å². The van der Waals surface area contributed by atoms with Crippen molar-refractivity contribution in [3.05, 3.63) is 30.7 Å². The Hall–Kier alpha value is -1.39. The van der Waals surface area contributed by atoms with Gasteiger partial charge in [0.25, 0.3) is 0 Å². The van der Waals surface area contributed by atoms with Gasteiger partial charge >= 0.3 is 6.36 Å². The number of benzene rings is 1. The summed E-state index contributed by atoms with van der Waals surface area (Å²) in [6, 6.07) is 4.12. The Morgan fingerprint density at radius 3 is 2.38 bits per heavy atom. The van der Waals surface area contributed by atoms with Crippen LogP contribution in [0.2, 0.25) is 0 Å². The van der Waals surface area contributed by atoms with Crippen LogP contribution in [0.15, 0.2) is 18.2 Å². The van der Waals surface area contributed by atoms with Crippen LogP contribution in [-0.4, -0.2) is 13.5 Å². The fourth-order valence-electron chi connectivity index (χ4n) is 1.26. The van der Waals surface area contributed by atoms with Gasteiger partial charge in [-0.2, -0.15) is 0 Å². The van der Waals surface area contributed by atoms with E-state index in [2.05, 4.69) is 11.7 Å². The summed E-state index contributed by atoms with van der Waals surface area (Å²) in [6.45, 7) is 5.35. The molecule has 0 heterocycles. The maximum absolute atomic E-state index is 12.1. The zero-order valence-electron chi connectivity index (χ0n) is 8.97. The second-order valence-corrected chi connectivity index (χ2v) is 3.35. The van der Waals surface area contributed by atoms with Crippen molar-refractivity contribution >= 4 is 0 Å². The largest absolute Gasteiger partial charge is 0.573 e. The second kappa shape index (κ2) is 4.63. The molecule has 0 spiro atoms. The number of hydrogen-bond acceptors (Lipinski definition) is 2. The van der Waals surface area contributed by atoms with E-state index in [1.807, 2.05) is 0 Å². The van der Waals surface area contributed by atoms with Gasteiger partial charge in [-0.25, -0.2) is 0 Å². The minimum atomic E-state index is -4.70. The maximum atomic E-state index is 12.1. The second-order valence-electron chi connectivity index (χ2n) is 3.35. The normalized spacial score (nSPS) is 11.7. The lowest BCUT2D eigenvalue weighted by molar-refractivity contribution is -0.274. The highest BCUT2D eigenvalue weighted by Crippen LogP contribution is 2.33. The number of hydrogen-bond donors (Lipinski definition) is 0. The van der Waals surface area contributed by atoms with E-state index in [0.29, 0.717) is 11.3 Å². The molecule has 16 heavy (non-hydrogen) atoms. The Labute approximate surface area is 92.0 Å². The van der Waals surface area contributed by atoms with Crippen molar-refractivity contribution in [1.82, 2.24) is 0 Å². The van der Waals surface area contributed by atoms with E-state index in [4.69, 9.17) is 4.74 Å². The van der Waals surface area contributed by atoms with E-state index < -0.39 is 6.36 Å². The van der Waals surface area contributed by atoms with Crippen LogP contribution in [0.3, 0.4) is 0 Å². The number of ether oxygens (including phenoxy) is 2. The molecule has 1 atom stereocenters. The summed E-state index contributed by atoms with van der Waals surface area (Å²) in [6.07, 6.45) is -4.70. The number of halogens is 3. The van der Waals surface area contributed by atoms with Crippen LogP contribution in [0.25, 0.3) is 0 Å². The summed E-state index contributed by atoms with van der Waals surface area (Å²) >= 11 is 0. The molecule has 5 heteroatoms. The Balaban J connectivity index is 3.08. The average Bonchev–Trinajstić information content (AvgIpc) is 2.15. The molecular weight excluding hydrogens is 221 g/mol. The SMILES string of the molecule is [CH2]C(C)c1cc(OC)ccc1OC(F)(F)F. The Morgan fingerprint density at radius 1 is 1.31 bits per heavy atom. The molecular formula is C11H12F3O2. The first-order valence-electron chi connectivity index (χ1n) is 4.60. The first-order chi connectivity index (χ1) is 7.33. The molecule has 1 aromatic rings. The minimum Gasteiger partial charge on any atom is -0.497 e. The first-order valence-corrected chi connectivity index (χ1v) is 4.60. The van der Waals surface area contributed by atoms with Crippen LogP contribution in [0.4, 0.5) is 13.2 Å². The van der Waals surface area contributed by atoms with Crippen molar-refractivity contribution < 1.29 is 22.6 Å². The van der Waals surface area contributed by atoms with Crippen molar-refractivity contribution in [1.29, 1.82) is 0 Å². The Bertz CT molecular complexity index is 359. The molecule has 0 saturated heterocycles. The van der Waals surface area contributed by atoms with E-state index in [1.54, 1.807) is 6.92 Å². The van der Waals surface area contributed by atoms with E-state index in [-0.39, 0.29) is 11.7 Å². The predicted molar refractivity (Wildman–Crippen MR) is 53.4 cm³/mol. The highest BCUT2D eigenvalue weighted by molar-refractivity contribution is 5.42. The molecule has 1 aromatic carbocycles. The van der Waals surface area contributed by atoms with Gasteiger partial charge in [0.1, 0.15) is 11.5 Å². The molecule has 0 aliphatic carbocycles. The van der Waals surface area contributed by atoms with Gasteiger partial charge in [-0.3, -0.25) is 0 Å². The maximum Gasteiger partial charge on any atom is 0.573 e. The molecule has 0 N–H and O–H groups in total. The van der Waals surface area contributed by atoms with Crippen molar-refractivity contribution in [2.45, 2.75) is 19.2 Å². The molecule has 1 unspecified atom stereocenters. The average molecular weight is 233 g/mol. The van der Waals surface area contributed by atoms with Gasteiger partial charge in [0, 0.05) is 5.56 Å². The predicted octanol–water partition coefficient (Wildman–Crippen LogP) is 3.53. The monoisotopic (exact) mass is 233 g/mol. The first kappa shape index (κ1) is 12.7. The third-order valence-electron chi connectivity index (χ3n) is 1.97. The topological polar surface area (TPSA) is 18.5 Å². The summed E-state index contributed by atoms with van der Waals surface area (Å²) in [5.74, 6) is -0.0942. The summed E-state index contributed by atoms with van der Waals surface area (Å²) in [5.41, 5.74) is 0.358. The summed E-state index contributed by atoms with van der Waals surface area (Å²) < 4.78 is 45.1. The Morgan fingerprint density at radius 2 is 1.94 bits per heavy atom. The van der Waals surface area contributed by atoms with Crippen molar-refractivity contribution in [2.75, 3.05) is 7.11 Å². The number of alkyl halides is 3. The molecule has 0 aliphatic rings. The van der Waals surface area contributed by atoms with Crippen LogP contribution >= 0.6 is 0 Å². The van der Waals surface area contributed by atoms with Crippen LogP contribution < -0.4 is 9.47 Å². The molecule has 0 bridgehead atoms. The molecule has 2 nitrogen and oxygen atoms in total. The fourth-order valence-corrected chi connectivity index (χ4v) is 1.26. The highest BCUT2D eigenvalue weighted by Gasteiger charge is 2.32. The summed E-state index contributed by atoms with van der Waals surface area (Å²) in [5, 5.41) is 0. The van der Waals surface area contributed by atoms with Gasteiger partial charge in [-0.15, -0.1) is 13.2 Å². The van der Waals surface area contributed by atoms with E-state index in [9.17, 15) is 13.2 Å². The third kappa shape index (κ3) is 3.32. The third-order valence-corrected chi connectivity index (χ3v) is 1.97. The molecule has 0 fully saturated rings. The van der Waals surface area contributed by atoms with Gasteiger partial charge in [-0.05, 0) is 31.0 Å². The molecule has 0 amide bonds. The van der Waals surface area contributed by atoms with Gasteiger partial charge in [0.2, 0.25) is 0 Å². The van der Waals surface area contributed by atoms with E-state index in [0.717, 1.165) is 0 Å². The lowest BCUT2D eigenvalue weighted by Gasteiger charge is -2.16. The van der Waals surface area contributed by atoms with Crippen LogP contribution in [0.1, 0.15) is 18.4 Å². The lowest BCUT2D eigenvalue weighted by atomic mass is 10.0.